The summed E-state index contributed by atoms with van der Waals surface area (Å²) in [5, 5.41) is 11.7. The molecule has 1 atom stereocenters. The van der Waals surface area contributed by atoms with Gasteiger partial charge in [-0.1, -0.05) is 53.5 Å². The highest BCUT2D eigenvalue weighted by Crippen LogP contribution is 2.32. The van der Waals surface area contributed by atoms with E-state index >= 15 is 0 Å². The zero-order chi connectivity index (χ0) is 13.2. The van der Waals surface area contributed by atoms with Crippen LogP contribution in [0.25, 0.3) is 0 Å². The molecule has 0 aliphatic rings. The molecule has 0 bridgehead atoms. The van der Waals surface area contributed by atoms with Crippen LogP contribution < -0.4 is 0 Å². The van der Waals surface area contributed by atoms with E-state index in [1.54, 1.807) is 25.1 Å². The van der Waals surface area contributed by atoms with Crippen molar-refractivity contribution < 1.29 is 5.11 Å². The van der Waals surface area contributed by atoms with E-state index in [4.69, 9.17) is 23.2 Å². The Morgan fingerprint density at radius 1 is 1.06 bits per heavy atom. The van der Waals surface area contributed by atoms with E-state index < -0.39 is 5.60 Å². The van der Waals surface area contributed by atoms with Crippen LogP contribution in [0.1, 0.15) is 18.1 Å². The maximum absolute atomic E-state index is 10.6. The van der Waals surface area contributed by atoms with E-state index in [0.29, 0.717) is 22.0 Å². The van der Waals surface area contributed by atoms with E-state index in [9.17, 15) is 5.11 Å². The molecular weight excluding hydrogens is 267 g/mol. The first-order valence-corrected chi connectivity index (χ1v) is 6.46. The largest absolute Gasteiger partial charge is 0.385 e. The number of rotatable bonds is 3. The molecule has 0 saturated heterocycles. The summed E-state index contributed by atoms with van der Waals surface area (Å²) in [5.74, 6) is 0. The molecule has 0 fully saturated rings. The minimum absolute atomic E-state index is 0.494. The molecule has 18 heavy (non-hydrogen) atoms. The molecule has 1 N–H and O–H groups in total. The Labute approximate surface area is 117 Å². The van der Waals surface area contributed by atoms with Crippen molar-refractivity contribution in [3.8, 4) is 0 Å². The number of hydrogen-bond acceptors (Lipinski definition) is 1. The molecule has 0 aliphatic heterocycles. The Morgan fingerprint density at radius 3 is 2.39 bits per heavy atom. The smallest absolute Gasteiger partial charge is 0.0923 e. The van der Waals surface area contributed by atoms with Gasteiger partial charge >= 0.3 is 0 Å². The van der Waals surface area contributed by atoms with Gasteiger partial charge in [-0.3, -0.25) is 0 Å². The van der Waals surface area contributed by atoms with Gasteiger partial charge < -0.3 is 5.11 Å². The molecule has 3 heteroatoms. The fraction of sp³-hybridized carbons (Fsp3) is 0.200. The van der Waals surface area contributed by atoms with Gasteiger partial charge in [0.2, 0.25) is 0 Å². The van der Waals surface area contributed by atoms with Gasteiger partial charge in [0.1, 0.15) is 0 Å². The van der Waals surface area contributed by atoms with Gasteiger partial charge in [0.25, 0.3) is 0 Å². The fourth-order valence-electron chi connectivity index (χ4n) is 2.00. The van der Waals surface area contributed by atoms with Crippen LogP contribution in [0.3, 0.4) is 0 Å². The quantitative estimate of drug-likeness (QED) is 0.881. The second kappa shape index (κ2) is 5.31. The summed E-state index contributed by atoms with van der Waals surface area (Å²) < 4.78 is 0. The molecule has 1 unspecified atom stereocenters. The van der Waals surface area contributed by atoms with Crippen LogP contribution in [-0.2, 0) is 12.0 Å². The summed E-state index contributed by atoms with van der Waals surface area (Å²) in [4.78, 5) is 0. The van der Waals surface area contributed by atoms with Crippen LogP contribution in [0, 0.1) is 0 Å². The van der Waals surface area contributed by atoms with Gasteiger partial charge in [0, 0.05) is 22.0 Å². The average molecular weight is 281 g/mol. The Morgan fingerprint density at radius 2 is 1.72 bits per heavy atom. The highest BCUT2D eigenvalue weighted by Gasteiger charge is 2.26. The molecule has 0 aromatic heterocycles. The van der Waals surface area contributed by atoms with Crippen molar-refractivity contribution in [1.29, 1.82) is 0 Å². The van der Waals surface area contributed by atoms with E-state index in [2.05, 4.69) is 0 Å². The Balaban J connectivity index is 2.33. The van der Waals surface area contributed by atoms with Crippen molar-refractivity contribution in [1.82, 2.24) is 0 Å². The number of halogens is 2. The molecule has 0 radical (unpaired) electrons. The molecule has 0 aliphatic carbocycles. The predicted molar refractivity (Wildman–Crippen MR) is 76.2 cm³/mol. The first-order valence-electron chi connectivity index (χ1n) is 5.71. The predicted octanol–water partition coefficient (Wildman–Crippen LogP) is 4.44. The average Bonchev–Trinajstić information content (AvgIpc) is 2.33. The van der Waals surface area contributed by atoms with Crippen LogP contribution in [0.5, 0.6) is 0 Å². The molecule has 1 nitrogen and oxygen atoms in total. The normalized spacial score (nSPS) is 14.2. The third kappa shape index (κ3) is 3.05. The minimum atomic E-state index is -1.04. The summed E-state index contributed by atoms with van der Waals surface area (Å²) in [6, 6.07) is 14.9. The lowest BCUT2D eigenvalue weighted by Crippen LogP contribution is -2.24. The number of hydrogen-bond donors (Lipinski definition) is 1. The zero-order valence-electron chi connectivity index (χ0n) is 10.0. The summed E-state index contributed by atoms with van der Waals surface area (Å²) in [5.41, 5.74) is 0.669. The lowest BCUT2D eigenvalue weighted by Gasteiger charge is -2.25. The van der Waals surface area contributed by atoms with Crippen molar-refractivity contribution in [3.63, 3.8) is 0 Å². The molecular formula is C15H14Cl2O. The molecule has 2 aromatic rings. The first kappa shape index (κ1) is 13.4. The zero-order valence-corrected chi connectivity index (χ0v) is 11.5. The third-order valence-corrected chi connectivity index (χ3v) is 3.46. The van der Waals surface area contributed by atoms with Gasteiger partial charge in [0.05, 0.1) is 5.60 Å². The Hall–Kier alpha value is -1.02. The Kier molecular flexibility index (Phi) is 3.96. The summed E-state index contributed by atoms with van der Waals surface area (Å²) in [6.07, 6.45) is 0.494. The van der Waals surface area contributed by atoms with Gasteiger partial charge in [-0.05, 0) is 30.7 Å². The number of benzene rings is 2. The third-order valence-electron chi connectivity index (χ3n) is 2.90. The molecule has 0 heterocycles. The van der Waals surface area contributed by atoms with Crippen molar-refractivity contribution >= 4 is 23.2 Å². The van der Waals surface area contributed by atoms with Gasteiger partial charge in [-0.2, -0.15) is 0 Å². The van der Waals surface area contributed by atoms with Crippen LogP contribution >= 0.6 is 23.2 Å². The summed E-state index contributed by atoms with van der Waals surface area (Å²) >= 11 is 12.1. The van der Waals surface area contributed by atoms with Gasteiger partial charge in [0.15, 0.2) is 0 Å². The van der Waals surface area contributed by atoms with Crippen molar-refractivity contribution in [2.75, 3.05) is 0 Å². The highest BCUT2D eigenvalue weighted by molar-refractivity contribution is 6.33. The first-order chi connectivity index (χ1) is 8.49. The van der Waals surface area contributed by atoms with Crippen LogP contribution in [0.15, 0.2) is 48.5 Å². The van der Waals surface area contributed by atoms with E-state index in [-0.39, 0.29) is 0 Å². The monoisotopic (exact) mass is 280 g/mol. The molecule has 0 amide bonds. The van der Waals surface area contributed by atoms with Crippen LogP contribution in [0.4, 0.5) is 0 Å². The second-order valence-corrected chi connectivity index (χ2v) is 5.40. The fourth-order valence-corrected chi connectivity index (χ4v) is 2.49. The van der Waals surface area contributed by atoms with Gasteiger partial charge in [-0.25, -0.2) is 0 Å². The number of aliphatic hydroxyl groups is 1. The van der Waals surface area contributed by atoms with Crippen molar-refractivity contribution in [2.24, 2.45) is 0 Å². The maximum Gasteiger partial charge on any atom is 0.0923 e. The lowest BCUT2D eigenvalue weighted by molar-refractivity contribution is 0.0577. The van der Waals surface area contributed by atoms with E-state index in [1.807, 2.05) is 30.3 Å². The lowest BCUT2D eigenvalue weighted by atomic mass is 9.89. The molecule has 94 valence electrons. The van der Waals surface area contributed by atoms with Crippen LogP contribution in [0.2, 0.25) is 10.0 Å². The topological polar surface area (TPSA) is 20.2 Å². The molecule has 0 saturated carbocycles. The Bertz CT molecular complexity index is 535. The van der Waals surface area contributed by atoms with Crippen LogP contribution in [-0.4, -0.2) is 5.11 Å². The van der Waals surface area contributed by atoms with Gasteiger partial charge in [-0.15, -0.1) is 0 Å². The molecule has 0 spiro atoms. The van der Waals surface area contributed by atoms with E-state index in [1.165, 1.54) is 0 Å². The minimum Gasteiger partial charge on any atom is -0.385 e. The van der Waals surface area contributed by atoms with Crippen molar-refractivity contribution in [3.05, 3.63) is 69.7 Å². The summed E-state index contributed by atoms with van der Waals surface area (Å²) in [6.45, 7) is 1.75. The van der Waals surface area contributed by atoms with E-state index in [0.717, 1.165) is 5.56 Å². The summed E-state index contributed by atoms with van der Waals surface area (Å²) in [7, 11) is 0. The highest BCUT2D eigenvalue weighted by atomic mass is 35.5. The SMILES string of the molecule is CC(O)(Cc1ccccc1)c1cc(Cl)ccc1Cl. The maximum atomic E-state index is 10.6. The van der Waals surface area contributed by atoms with Crippen molar-refractivity contribution in [2.45, 2.75) is 18.9 Å². The standard InChI is InChI=1S/C15H14Cl2O/c1-15(18,10-11-5-3-2-4-6-11)13-9-12(16)7-8-14(13)17/h2-9,18H,10H2,1H3. The second-order valence-electron chi connectivity index (χ2n) is 4.56. The molecule has 2 rings (SSSR count). The molecule has 2 aromatic carbocycles.